The normalized spacial score (nSPS) is 11.0. The number of rotatable bonds is 1. The molecule has 0 amide bonds. The topological polar surface area (TPSA) is 52.0 Å². The van der Waals surface area contributed by atoms with Crippen molar-refractivity contribution in [3.8, 4) is 0 Å². The van der Waals surface area contributed by atoms with Crippen molar-refractivity contribution < 1.29 is 4.52 Å². The van der Waals surface area contributed by atoms with Crippen molar-refractivity contribution in [1.82, 2.24) is 5.16 Å². The monoisotopic (exact) mass is 196 g/mol. The van der Waals surface area contributed by atoms with Gasteiger partial charge in [0.2, 0.25) is 0 Å². The van der Waals surface area contributed by atoms with E-state index in [1.165, 1.54) is 0 Å². The summed E-state index contributed by atoms with van der Waals surface area (Å²) in [6.07, 6.45) is 0. The van der Waals surface area contributed by atoms with Gasteiger partial charge in [-0.05, 0) is 19.1 Å². The lowest BCUT2D eigenvalue weighted by Crippen LogP contribution is -1.96. The second kappa shape index (κ2) is 3.01. The van der Waals surface area contributed by atoms with Gasteiger partial charge >= 0.3 is 0 Å². The average Bonchev–Trinajstić information content (AvgIpc) is 2.47. The van der Waals surface area contributed by atoms with Gasteiger partial charge in [0.25, 0.3) is 0 Å². The van der Waals surface area contributed by atoms with Crippen LogP contribution in [0.25, 0.3) is 11.0 Å². The molecule has 0 fully saturated rings. The summed E-state index contributed by atoms with van der Waals surface area (Å²) >= 11 is 5.91. The van der Waals surface area contributed by atoms with Crippen LogP contribution in [0.15, 0.2) is 16.7 Å². The SMILES string of the molecule is Cc1noc2c(CN)cc(Cl)cc12. The summed E-state index contributed by atoms with van der Waals surface area (Å²) in [5.74, 6) is 0. The first-order valence-corrected chi connectivity index (χ1v) is 4.34. The molecule has 0 aliphatic rings. The van der Waals surface area contributed by atoms with Crippen LogP contribution in [0.5, 0.6) is 0 Å². The third kappa shape index (κ3) is 1.30. The molecule has 0 unspecified atom stereocenters. The highest BCUT2D eigenvalue weighted by atomic mass is 35.5. The van der Waals surface area contributed by atoms with Crippen LogP contribution in [0.2, 0.25) is 5.02 Å². The lowest BCUT2D eigenvalue weighted by atomic mass is 10.1. The van der Waals surface area contributed by atoms with Gasteiger partial charge in [-0.1, -0.05) is 16.8 Å². The molecule has 0 saturated carbocycles. The van der Waals surface area contributed by atoms with Gasteiger partial charge in [-0.3, -0.25) is 0 Å². The number of aryl methyl sites for hydroxylation is 1. The summed E-state index contributed by atoms with van der Waals surface area (Å²) in [6, 6.07) is 3.64. The molecule has 1 heterocycles. The third-order valence-corrected chi connectivity index (χ3v) is 2.23. The van der Waals surface area contributed by atoms with Gasteiger partial charge in [0.05, 0.1) is 5.69 Å². The van der Waals surface area contributed by atoms with E-state index in [4.69, 9.17) is 21.9 Å². The zero-order valence-electron chi connectivity index (χ0n) is 7.17. The van der Waals surface area contributed by atoms with Crippen LogP contribution in [-0.2, 0) is 6.54 Å². The molecule has 0 saturated heterocycles. The van der Waals surface area contributed by atoms with E-state index in [0.717, 1.165) is 22.2 Å². The van der Waals surface area contributed by atoms with Crippen LogP contribution in [0.3, 0.4) is 0 Å². The van der Waals surface area contributed by atoms with Crippen LogP contribution in [-0.4, -0.2) is 5.16 Å². The average molecular weight is 197 g/mol. The van der Waals surface area contributed by atoms with Crippen molar-refractivity contribution in [3.63, 3.8) is 0 Å². The highest BCUT2D eigenvalue weighted by molar-refractivity contribution is 6.31. The predicted octanol–water partition coefficient (Wildman–Crippen LogP) is 2.25. The molecule has 3 nitrogen and oxygen atoms in total. The third-order valence-electron chi connectivity index (χ3n) is 2.01. The highest BCUT2D eigenvalue weighted by Crippen LogP contribution is 2.25. The van der Waals surface area contributed by atoms with Crippen molar-refractivity contribution in [1.29, 1.82) is 0 Å². The number of benzene rings is 1. The van der Waals surface area contributed by atoms with E-state index in [0.29, 0.717) is 11.6 Å². The Labute approximate surface area is 80.5 Å². The molecule has 2 aromatic rings. The number of nitrogens with two attached hydrogens (primary N) is 1. The summed E-state index contributed by atoms with van der Waals surface area (Å²) in [5.41, 5.74) is 8.02. The summed E-state index contributed by atoms with van der Waals surface area (Å²) in [7, 11) is 0. The van der Waals surface area contributed by atoms with Gasteiger partial charge < -0.3 is 10.3 Å². The Morgan fingerprint density at radius 1 is 1.54 bits per heavy atom. The molecule has 0 atom stereocenters. The molecule has 0 radical (unpaired) electrons. The second-order valence-electron chi connectivity index (χ2n) is 2.91. The van der Waals surface area contributed by atoms with E-state index >= 15 is 0 Å². The van der Waals surface area contributed by atoms with Crippen molar-refractivity contribution in [2.75, 3.05) is 0 Å². The van der Waals surface area contributed by atoms with Gasteiger partial charge in [0.1, 0.15) is 0 Å². The van der Waals surface area contributed by atoms with Crippen LogP contribution in [0.1, 0.15) is 11.3 Å². The molecule has 0 bridgehead atoms. The van der Waals surface area contributed by atoms with Crippen LogP contribution >= 0.6 is 11.6 Å². The van der Waals surface area contributed by atoms with Crippen LogP contribution in [0.4, 0.5) is 0 Å². The first-order valence-electron chi connectivity index (χ1n) is 3.97. The molecule has 0 spiro atoms. The lowest BCUT2D eigenvalue weighted by Gasteiger charge is -1.97. The summed E-state index contributed by atoms with van der Waals surface area (Å²) in [6.45, 7) is 2.29. The Bertz CT molecular complexity index is 450. The molecule has 68 valence electrons. The Kier molecular flexibility index (Phi) is 1.98. The second-order valence-corrected chi connectivity index (χ2v) is 3.35. The Morgan fingerprint density at radius 3 is 3.00 bits per heavy atom. The van der Waals surface area contributed by atoms with Crippen molar-refractivity contribution in [2.45, 2.75) is 13.5 Å². The molecule has 2 N–H and O–H groups in total. The number of halogens is 1. The molecule has 2 rings (SSSR count). The number of hydrogen-bond donors (Lipinski definition) is 1. The number of fused-ring (bicyclic) bond motifs is 1. The molecule has 1 aromatic carbocycles. The first-order chi connectivity index (χ1) is 6.22. The molecular formula is C9H9ClN2O. The van der Waals surface area contributed by atoms with Crippen molar-refractivity contribution in [2.24, 2.45) is 5.73 Å². The standard InChI is InChI=1S/C9H9ClN2O/c1-5-8-3-7(10)2-6(4-11)9(8)13-12-5/h2-3H,4,11H2,1H3. The van der Waals surface area contributed by atoms with Crippen molar-refractivity contribution in [3.05, 3.63) is 28.4 Å². The quantitative estimate of drug-likeness (QED) is 0.761. The zero-order valence-corrected chi connectivity index (χ0v) is 7.93. The number of nitrogens with zero attached hydrogens (tertiary/aromatic N) is 1. The maximum absolute atomic E-state index is 5.91. The molecule has 4 heteroatoms. The fourth-order valence-corrected chi connectivity index (χ4v) is 1.58. The van der Waals surface area contributed by atoms with E-state index in [-0.39, 0.29) is 0 Å². The van der Waals surface area contributed by atoms with Gasteiger partial charge in [-0.2, -0.15) is 0 Å². The molecule has 0 aliphatic heterocycles. The summed E-state index contributed by atoms with van der Waals surface area (Å²) < 4.78 is 5.14. The van der Waals surface area contributed by atoms with Crippen molar-refractivity contribution >= 4 is 22.6 Å². The Balaban J connectivity index is 2.84. The largest absolute Gasteiger partial charge is 0.356 e. The Hall–Kier alpha value is -1.06. The minimum absolute atomic E-state index is 0.408. The Morgan fingerprint density at radius 2 is 2.31 bits per heavy atom. The number of hydrogen-bond acceptors (Lipinski definition) is 3. The van der Waals surface area contributed by atoms with Gasteiger partial charge in [-0.25, -0.2) is 0 Å². The summed E-state index contributed by atoms with van der Waals surface area (Å²) in [4.78, 5) is 0. The highest BCUT2D eigenvalue weighted by Gasteiger charge is 2.09. The molecular weight excluding hydrogens is 188 g/mol. The maximum Gasteiger partial charge on any atom is 0.171 e. The molecule has 0 aliphatic carbocycles. The van der Waals surface area contributed by atoms with Gasteiger partial charge in [-0.15, -0.1) is 0 Å². The van der Waals surface area contributed by atoms with Crippen LogP contribution < -0.4 is 5.73 Å². The smallest absolute Gasteiger partial charge is 0.171 e. The first kappa shape index (κ1) is 8.53. The van der Waals surface area contributed by atoms with Crippen LogP contribution in [0, 0.1) is 6.92 Å². The minimum Gasteiger partial charge on any atom is -0.356 e. The number of aromatic nitrogens is 1. The fraction of sp³-hybridized carbons (Fsp3) is 0.222. The van der Waals surface area contributed by atoms with Gasteiger partial charge in [0, 0.05) is 22.5 Å². The van der Waals surface area contributed by atoms with E-state index in [9.17, 15) is 0 Å². The lowest BCUT2D eigenvalue weighted by molar-refractivity contribution is 0.448. The predicted molar refractivity (Wildman–Crippen MR) is 51.6 cm³/mol. The zero-order chi connectivity index (χ0) is 9.42. The van der Waals surface area contributed by atoms with E-state index in [2.05, 4.69) is 5.16 Å². The van der Waals surface area contributed by atoms with E-state index < -0.39 is 0 Å². The maximum atomic E-state index is 5.91. The van der Waals surface area contributed by atoms with E-state index in [1.54, 1.807) is 6.07 Å². The minimum atomic E-state index is 0.408. The molecule has 13 heavy (non-hydrogen) atoms. The molecule has 1 aromatic heterocycles. The summed E-state index contributed by atoms with van der Waals surface area (Å²) in [5, 5.41) is 5.46. The fourth-order valence-electron chi connectivity index (χ4n) is 1.34. The van der Waals surface area contributed by atoms with Gasteiger partial charge in [0.15, 0.2) is 5.58 Å². The van der Waals surface area contributed by atoms with E-state index in [1.807, 2.05) is 13.0 Å².